The summed E-state index contributed by atoms with van der Waals surface area (Å²) in [4.78, 5) is 11.9. The van der Waals surface area contributed by atoms with E-state index in [1.165, 1.54) is 89.9 Å². The van der Waals surface area contributed by atoms with Crippen molar-refractivity contribution in [3.63, 3.8) is 0 Å². The number of ether oxygens (including phenoxy) is 3. The lowest BCUT2D eigenvalue weighted by Gasteiger charge is -2.12. The third kappa shape index (κ3) is 15.1. The van der Waals surface area contributed by atoms with E-state index in [4.69, 9.17) is 14.2 Å². The fraction of sp³-hybridized carbons (Fsp3) is 0.857. The van der Waals surface area contributed by atoms with Crippen LogP contribution >= 0.6 is 11.3 Å². The van der Waals surface area contributed by atoms with Crippen LogP contribution < -0.4 is 4.57 Å². The zero-order valence-electron chi connectivity index (χ0n) is 21.7. The molecule has 1 aromatic rings. The quantitative estimate of drug-likeness (QED) is 0.0955. The highest BCUT2D eigenvalue weighted by Crippen LogP contribution is 2.19. The molecule has 0 bridgehead atoms. The normalized spacial score (nSPS) is 17.9. The molecule has 0 saturated carbocycles. The van der Waals surface area contributed by atoms with Crippen LogP contribution in [0.1, 0.15) is 122 Å². The van der Waals surface area contributed by atoms with E-state index in [-0.39, 0.29) is 18.4 Å². The first-order chi connectivity index (χ1) is 16.8. The summed E-state index contributed by atoms with van der Waals surface area (Å²) in [5.74, 6) is -0.148. The Bertz CT molecular complexity index is 595. The summed E-state index contributed by atoms with van der Waals surface area (Å²) >= 11 is 1.66. The van der Waals surface area contributed by atoms with Gasteiger partial charge in [0.1, 0.15) is 19.3 Å². The van der Waals surface area contributed by atoms with E-state index in [1.807, 2.05) is 17.1 Å². The van der Waals surface area contributed by atoms with Crippen LogP contribution in [0.2, 0.25) is 0 Å². The Balaban J connectivity index is 1.31. The molecular weight excluding hydrogens is 446 g/mol. The number of aromatic nitrogens is 1. The first-order valence-corrected chi connectivity index (χ1v) is 15.1. The number of hydrogen-bond acceptors (Lipinski definition) is 5. The first kappa shape index (κ1) is 29.3. The van der Waals surface area contributed by atoms with Crippen molar-refractivity contribution in [1.82, 2.24) is 0 Å². The Morgan fingerprint density at radius 2 is 1.53 bits per heavy atom. The van der Waals surface area contributed by atoms with Crippen LogP contribution in [0.5, 0.6) is 0 Å². The molecule has 1 aliphatic rings. The standard InChI is InChI=1S/C28H50NO4S/c1-2-3-4-5-6-7-8-9-10-11-12-13-14-15-16-19-28-32-24-26(33-28)23-31-27(30)18-17-20-29-21-22-34-25-29/h21-22,25-26,28H,2-20,23-24H2,1H3/q+1/t26-,28-/m0/s1. The van der Waals surface area contributed by atoms with E-state index in [2.05, 4.69) is 11.5 Å². The van der Waals surface area contributed by atoms with E-state index in [0.717, 1.165) is 25.8 Å². The van der Waals surface area contributed by atoms with Crippen molar-refractivity contribution in [2.24, 2.45) is 0 Å². The van der Waals surface area contributed by atoms with Crippen molar-refractivity contribution in [3.05, 3.63) is 17.1 Å². The molecule has 0 aliphatic carbocycles. The summed E-state index contributed by atoms with van der Waals surface area (Å²) in [7, 11) is 0. The maximum Gasteiger partial charge on any atom is 0.306 e. The number of aryl methyl sites for hydroxylation is 1. The summed E-state index contributed by atoms with van der Waals surface area (Å²) in [6.07, 6.45) is 24.6. The fourth-order valence-electron chi connectivity index (χ4n) is 4.48. The minimum absolute atomic E-state index is 0.114. The molecule has 0 unspecified atom stereocenters. The molecule has 1 aliphatic heterocycles. The van der Waals surface area contributed by atoms with Crippen LogP contribution in [0, 0.1) is 0 Å². The van der Waals surface area contributed by atoms with Gasteiger partial charge in [-0.2, -0.15) is 4.57 Å². The molecule has 1 aromatic heterocycles. The summed E-state index contributed by atoms with van der Waals surface area (Å²) in [6, 6.07) is 0. The second-order valence-electron chi connectivity index (χ2n) is 9.81. The molecule has 2 atom stereocenters. The molecule has 6 heteroatoms. The van der Waals surface area contributed by atoms with Crippen LogP contribution in [0.25, 0.3) is 0 Å². The van der Waals surface area contributed by atoms with Crippen LogP contribution in [-0.4, -0.2) is 31.6 Å². The van der Waals surface area contributed by atoms with Gasteiger partial charge in [0.05, 0.1) is 18.4 Å². The Morgan fingerprint density at radius 3 is 2.12 bits per heavy atom. The molecular formula is C28H50NO4S+. The lowest BCUT2D eigenvalue weighted by molar-refractivity contribution is -0.692. The molecule has 0 amide bonds. The van der Waals surface area contributed by atoms with Crippen LogP contribution in [0.15, 0.2) is 17.1 Å². The van der Waals surface area contributed by atoms with Crippen molar-refractivity contribution in [2.75, 3.05) is 13.2 Å². The summed E-state index contributed by atoms with van der Waals surface area (Å²) in [5.41, 5.74) is 2.05. The van der Waals surface area contributed by atoms with Gasteiger partial charge in [-0.3, -0.25) is 4.79 Å². The highest BCUT2D eigenvalue weighted by atomic mass is 32.1. The highest BCUT2D eigenvalue weighted by Gasteiger charge is 2.26. The summed E-state index contributed by atoms with van der Waals surface area (Å²) < 4.78 is 19.1. The molecule has 196 valence electrons. The van der Waals surface area contributed by atoms with Crippen LogP contribution in [0.3, 0.4) is 0 Å². The minimum atomic E-state index is -0.148. The minimum Gasteiger partial charge on any atom is -0.463 e. The number of carbonyl (C=O) groups excluding carboxylic acids is 1. The van der Waals surface area contributed by atoms with E-state index in [1.54, 1.807) is 11.3 Å². The van der Waals surface area contributed by atoms with Crippen molar-refractivity contribution in [1.29, 1.82) is 0 Å². The summed E-state index contributed by atoms with van der Waals surface area (Å²) in [5, 5.41) is 2.03. The smallest absolute Gasteiger partial charge is 0.306 e. The third-order valence-corrected chi connectivity index (χ3v) is 7.28. The van der Waals surface area contributed by atoms with Gasteiger partial charge >= 0.3 is 5.97 Å². The van der Waals surface area contributed by atoms with E-state index in [9.17, 15) is 4.79 Å². The fourth-order valence-corrected chi connectivity index (χ4v) is 5.11. The average Bonchev–Trinajstić information content (AvgIpc) is 3.52. The Kier molecular flexibility index (Phi) is 17.4. The van der Waals surface area contributed by atoms with Gasteiger partial charge in [0.15, 0.2) is 12.5 Å². The Morgan fingerprint density at radius 1 is 0.912 bits per heavy atom. The molecule has 5 nitrogen and oxygen atoms in total. The monoisotopic (exact) mass is 496 g/mol. The van der Waals surface area contributed by atoms with E-state index in [0.29, 0.717) is 19.6 Å². The molecule has 0 aromatic carbocycles. The van der Waals surface area contributed by atoms with Gasteiger partial charge < -0.3 is 14.2 Å². The topological polar surface area (TPSA) is 48.6 Å². The number of thiazole rings is 1. The van der Waals surface area contributed by atoms with Crippen molar-refractivity contribution < 1.29 is 23.6 Å². The van der Waals surface area contributed by atoms with Gasteiger partial charge in [0.25, 0.3) is 0 Å². The van der Waals surface area contributed by atoms with Crippen LogP contribution in [-0.2, 0) is 25.5 Å². The largest absolute Gasteiger partial charge is 0.463 e. The maximum absolute atomic E-state index is 11.9. The third-order valence-electron chi connectivity index (χ3n) is 6.61. The van der Waals surface area contributed by atoms with Crippen molar-refractivity contribution >= 4 is 17.3 Å². The predicted molar refractivity (Wildman–Crippen MR) is 139 cm³/mol. The first-order valence-electron chi connectivity index (χ1n) is 14.1. The molecule has 2 heterocycles. The second kappa shape index (κ2) is 20.2. The highest BCUT2D eigenvalue weighted by molar-refractivity contribution is 7.07. The molecule has 2 rings (SSSR count). The number of nitrogens with zero attached hydrogens (tertiary/aromatic N) is 1. The number of unbranched alkanes of at least 4 members (excludes halogenated alkanes) is 14. The van der Waals surface area contributed by atoms with Gasteiger partial charge in [0.2, 0.25) is 5.51 Å². The van der Waals surface area contributed by atoms with Gasteiger partial charge in [-0.05, 0) is 12.8 Å². The van der Waals surface area contributed by atoms with Crippen molar-refractivity contribution in [3.8, 4) is 0 Å². The Hall–Kier alpha value is -0.980. The van der Waals surface area contributed by atoms with E-state index >= 15 is 0 Å². The Labute approximate surface area is 212 Å². The maximum atomic E-state index is 11.9. The number of hydrogen-bond donors (Lipinski definition) is 0. The van der Waals surface area contributed by atoms with Crippen LogP contribution in [0.4, 0.5) is 0 Å². The van der Waals surface area contributed by atoms with Gasteiger partial charge in [-0.1, -0.05) is 108 Å². The molecule has 0 spiro atoms. The zero-order valence-corrected chi connectivity index (χ0v) is 22.5. The molecule has 1 fully saturated rings. The molecule has 34 heavy (non-hydrogen) atoms. The number of carbonyl (C=O) groups is 1. The SMILES string of the molecule is CCCCCCCCCCCCCCCCC[C@H]1OC[C@H](COC(=O)CCC[n+]2ccsc2)O1. The van der Waals surface area contributed by atoms with E-state index < -0.39 is 0 Å². The van der Waals surface area contributed by atoms with Gasteiger partial charge in [-0.15, -0.1) is 0 Å². The average molecular weight is 497 g/mol. The zero-order chi connectivity index (χ0) is 24.1. The number of esters is 1. The van der Waals surface area contributed by atoms with Crippen molar-refractivity contribution in [2.45, 2.75) is 141 Å². The predicted octanol–water partition coefficient (Wildman–Crippen LogP) is 7.36. The van der Waals surface area contributed by atoms with Gasteiger partial charge in [-0.25, -0.2) is 0 Å². The number of rotatable bonds is 22. The molecule has 0 N–H and O–H groups in total. The summed E-state index contributed by atoms with van der Waals surface area (Å²) in [6.45, 7) is 3.97. The molecule has 1 saturated heterocycles. The lowest BCUT2D eigenvalue weighted by Crippen LogP contribution is -2.30. The molecule has 0 radical (unpaired) electrons. The van der Waals surface area contributed by atoms with Gasteiger partial charge in [0, 0.05) is 6.42 Å². The lowest BCUT2D eigenvalue weighted by atomic mass is 10.0. The second-order valence-corrected chi connectivity index (χ2v) is 10.6.